The molecule has 5 aromatic rings. The summed E-state index contributed by atoms with van der Waals surface area (Å²) in [5.74, 6) is -0.175. The van der Waals surface area contributed by atoms with E-state index in [2.05, 4.69) is 20.2 Å². The van der Waals surface area contributed by atoms with Gasteiger partial charge in [0, 0.05) is 23.9 Å². The SMILES string of the molecule is CCN(C(=O)O)c1nc2cc(-c3cc(Cc4n[nH]c(=O)c5ccccc45)ccc3F)ccc2[nH]1. The molecular formula is C25H20FN5O3. The number of carbonyl (C=O) groups is 1. The van der Waals surface area contributed by atoms with Crippen LogP contribution in [-0.2, 0) is 6.42 Å². The fraction of sp³-hybridized carbons (Fsp3) is 0.120. The molecule has 0 spiro atoms. The van der Waals surface area contributed by atoms with Gasteiger partial charge in [0.15, 0.2) is 0 Å². The number of H-pyrrole nitrogens is 2. The number of aromatic nitrogens is 4. The van der Waals surface area contributed by atoms with Crippen molar-refractivity contribution in [3.63, 3.8) is 0 Å². The van der Waals surface area contributed by atoms with Gasteiger partial charge in [-0.3, -0.25) is 4.79 Å². The van der Waals surface area contributed by atoms with Crippen molar-refractivity contribution in [2.45, 2.75) is 13.3 Å². The molecule has 0 aliphatic carbocycles. The summed E-state index contributed by atoms with van der Waals surface area (Å²) in [6.45, 7) is 1.96. The van der Waals surface area contributed by atoms with Gasteiger partial charge in [-0.15, -0.1) is 0 Å². The maximum Gasteiger partial charge on any atom is 0.414 e. The summed E-state index contributed by atoms with van der Waals surface area (Å²) in [5, 5.41) is 17.4. The minimum absolute atomic E-state index is 0.215. The summed E-state index contributed by atoms with van der Waals surface area (Å²) in [4.78, 5) is 31.9. The molecule has 9 heteroatoms. The van der Waals surface area contributed by atoms with Gasteiger partial charge in [-0.2, -0.15) is 5.10 Å². The van der Waals surface area contributed by atoms with Gasteiger partial charge >= 0.3 is 6.09 Å². The highest BCUT2D eigenvalue weighted by Gasteiger charge is 2.17. The molecule has 0 atom stereocenters. The topological polar surface area (TPSA) is 115 Å². The predicted octanol–water partition coefficient (Wildman–Crippen LogP) is 4.70. The van der Waals surface area contributed by atoms with Crippen LogP contribution < -0.4 is 10.5 Å². The number of amides is 1. The van der Waals surface area contributed by atoms with Crippen molar-refractivity contribution >= 4 is 33.8 Å². The van der Waals surface area contributed by atoms with Crippen LogP contribution in [0.5, 0.6) is 0 Å². The van der Waals surface area contributed by atoms with Crippen molar-refractivity contribution in [1.82, 2.24) is 20.2 Å². The van der Waals surface area contributed by atoms with E-state index in [0.29, 0.717) is 39.7 Å². The van der Waals surface area contributed by atoms with E-state index in [1.165, 1.54) is 6.07 Å². The lowest BCUT2D eigenvalue weighted by Gasteiger charge is -2.12. The third-order valence-electron chi connectivity index (χ3n) is 5.76. The Kier molecular flexibility index (Phi) is 5.29. The fourth-order valence-electron chi connectivity index (χ4n) is 4.07. The molecule has 0 bridgehead atoms. The van der Waals surface area contributed by atoms with Crippen LogP contribution in [-0.4, -0.2) is 37.9 Å². The molecule has 2 heterocycles. The van der Waals surface area contributed by atoms with Gasteiger partial charge in [0.05, 0.1) is 22.1 Å². The molecule has 2 aromatic heterocycles. The zero-order chi connectivity index (χ0) is 23.8. The number of nitrogens with one attached hydrogen (secondary N) is 2. The summed E-state index contributed by atoms with van der Waals surface area (Å²) in [6, 6.07) is 17.3. The number of nitrogens with zero attached hydrogens (tertiary/aromatic N) is 3. The second kappa shape index (κ2) is 8.43. The molecule has 170 valence electrons. The first kappa shape index (κ1) is 21.3. The molecule has 8 nitrogen and oxygen atoms in total. The van der Waals surface area contributed by atoms with Gasteiger partial charge in [0.25, 0.3) is 5.56 Å². The van der Waals surface area contributed by atoms with Crippen molar-refractivity contribution in [3.8, 4) is 11.1 Å². The van der Waals surface area contributed by atoms with Crippen molar-refractivity contribution in [2.24, 2.45) is 0 Å². The maximum atomic E-state index is 14.8. The summed E-state index contributed by atoms with van der Waals surface area (Å²) >= 11 is 0. The van der Waals surface area contributed by atoms with Gasteiger partial charge < -0.3 is 10.1 Å². The Labute approximate surface area is 192 Å². The number of hydrogen-bond donors (Lipinski definition) is 3. The number of anilines is 1. The van der Waals surface area contributed by atoms with Crippen LogP contribution in [0.25, 0.3) is 32.9 Å². The molecule has 5 rings (SSSR count). The molecule has 0 saturated heterocycles. The highest BCUT2D eigenvalue weighted by molar-refractivity contribution is 5.89. The molecule has 0 aliphatic heterocycles. The van der Waals surface area contributed by atoms with Crippen LogP contribution in [0.4, 0.5) is 15.1 Å². The monoisotopic (exact) mass is 457 g/mol. The third-order valence-corrected chi connectivity index (χ3v) is 5.76. The van der Waals surface area contributed by atoms with E-state index in [0.717, 1.165) is 15.8 Å². The summed E-state index contributed by atoms with van der Waals surface area (Å²) < 4.78 is 14.8. The number of hydrogen-bond acceptors (Lipinski definition) is 4. The molecule has 0 fully saturated rings. The Morgan fingerprint density at radius 3 is 2.65 bits per heavy atom. The molecule has 0 unspecified atom stereocenters. The van der Waals surface area contributed by atoms with Crippen LogP contribution in [0.2, 0.25) is 0 Å². The number of halogens is 1. The van der Waals surface area contributed by atoms with Crippen LogP contribution in [0.1, 0.15) is 18.2 Å². The average molecular weight is 457 g/mol. The van der Waals surface area contributed by atoms with Crippen LogP contribution in [0.3, 0.4) is 0 Å². The van der Waals surface area contributed by atoms with Crippen LogP contribution in [0, 0.1) is 5.82 Å². The smallest absolute Gasteiger partial charge is 0.414 e. The lowest BCUT2D eigenvalue weighted by atomic mass is 9.98. The van der Waals surface area contributed by atoms with Crippen molar-refractivity contribution in [3.05, 3.63) is 88.1 Å². The number of benzene rings is 3. The Balaban J connectivity index is 1.53. The number of carboxylic acid groups (broad SMARTS) is 1. The minimum atomic E-state index is -1.11. The van der Waals surface area contributed by atoms with E-state index in [4.69, 9.17) is 0 Å². The van der Waals surface area contributed by atoms with E-state index < -0.39 is 6.09 Å². The highest BCUT2D eigenvalue weighted by atomic mass is 19.1. The van der Waals surface area contributed by atoms with E-state index in [-0.39, 0.29) is 23.9 Å². The van der Waals surface area contributed by atoms with Crippen LogP contribution in [0.15, 0.2) is 65.5 Å². The Morgan fingerprint density at radius 2 is 1.88 bits per heavy atom. The molecular weight excluding hydrogens is 437 g/mol. The Bertz CT molecular complexity index is 1610. The normalized spacial score (nSPS) is 11.2. The summed E-state index contributed by atoms with van der Waals surface area (Å²) in [7, 11) is 0. The molecule has 1 amide bonds. The quantitative estimate of drug-likeness (QED) is 0.354. The number of imidazole rings is 1. The molecule has 3 N–H and O–H groups in total. The zero-order valence-electron chi connectivity index (χ0n) is 18.2. The van der Waals surface area contributed by atoms with Crippen molar-refractivity contribution in [2.75, 3.05) is 11.4 Å². The summed E-state index contributed by atoms with van der Waals surface area (Å²) in [5.41, 5.74) is 3.45. The van der Waals surface area contributed by atoms with Crippen LogP contribution >= 0.6 is 0 Å². The van der Waals surface area contributed by atoms with Crippen molar-refractivity contribution < 1.29 is 14.3 Å². The number of fused-ring (bicyclic) bond motifs is 2. The number of rotatable bonds is 5. The van der Waals surface area contributed by atoms with E-state index in [1.54, 1.807) is 49.4 Å². The van der Waals surface area contributed by atoms with Crippen molar-refractivity contribution in [1.29, 1.82) is 0 Å². The lowest BCUT2D eigenvalue weighted by Crippen LogP contribution is -2.29. The Hall–Kier alpha value is -4.53. The fourth-order valence-corrected chi connectivity index (χ4v) is 4.07. The predicted molar refractivity (Wildman–Crippen MR) is 128 cm³/mol. The molecule has 3 aromatic carbocycles. The second-order valence-electron chi connectivity index (χ2n) is 7.86. The largest absolute Gasteiger partial charge is 0.465 e. The van der Waals surface area contributed by atoms with E-state index >= 15 is 0 Å². The summed E-state index contributed by atoms with van der Waals surface area (Å²) in [6.07, 6.45) is -0.701. The first-order valence-corrected chi connectivity index (χ1v) is 10.7. The minimum Gasteiger partial charge on any atom is -0.465 e. The van der Waals surface area contributed by atoms with Gasteiger partial charge in [0.1, 0.15) is 5.82 Å². The van der Waals surface area contributed by atoms with Gasteiger partial charge in [-0.05, 0) is 48.4 Å². The Morgan fingerprint density at radius 1 is 1.09 bits per heavy atom. The molecule has 0 saturated carbocycles. The first-order valence-electron chi connectivity index (χ1n) is 10.7. The van der Waals surface area contributed by atoms with E-state index in [1.807, 2.05) is 12.1 Å². The van der Waals surface area contributed by atoms with Gasteiger partial charge in [-0.25, -0.2) is 24.2 Å². The molecule has 0 radical (unpaired) electrons. The molecule has 0 aliphatic rings. The van der Waals surface area contributed by atoms with E-state index in [9.17, 15) is 19.1 Å². The lowest BCUT2D eigenvalue weighted by molar-refractivity contribution is 0.202. The first-order chi connectivity index (χ1) is 16.4. The second-order valence-corrected chi connectivity index (χ2v) is 7.86. The molecule has 34 heavy (non-hydrogen) atoms. The van der Waals surface area contributed by atoms with Gasteiger partial charge in [-0.1, -0.05) is 30.3 Å². The highest BCUT2D eigenvalue weighted by Crippen LogP contribution is 2.29. The maximum absolute atomic E-state index is 14.8. The average Bonchev–Trinajstić information content (AvgIpc) is 3.25. The standard InChI is InChI=1S/C25H20FN5O3/c1-2-31(25(33)34)24-27-20-10-8-15(13-22(20)28-24)18-11-14(7-9-19(18)26)12-21-16-5-3-4-6-17(16)23(32)30-29-21/h3-11,13H,2,12H2,1H3,(H,27,28)(H,30,32)(H,33,34). The zero-order valence-corrected chi connectivity index (χ0v) is 18.2. The number of aromatic amines is 2. The van der Waals surface area contributed by atoms with Gasteiger partial charge in [0.2, 0.25) is 5.95 Å². The third kappa shape index (κ3) is 3.77.